The molecule has 1 aromatic carbocycles. The van der Waals surface area contributed by atoms with Gasteiger partial charge in [0.1, 0.15) is 11.9 Å². The van der Waals surface area contributed by atoms with Gasteiger partial charge in [0, 0.05) is 18.8 Å². The Bertz CT molecular complexity index is 600. The molecule has 4 N–H and O–H groups in total. The average Bonchev–Trinajstić information content (AvgIpc) is 2.48. The van der Waals surface area contributed by atoms with Crippen LogP contribution in [0.1, 0.15) is 12.8 Å². The van der Waals surface area contributed by atoms with Crippen molar-refractivity contribution < 1.29 is 22.3 Å². The van der Waals surface area contributed by atoms with Crippen LogP contribution in [0.4, 0.5) is 23.2 Å². The Morgan fingerprint density at radius 1 is 1.24 bits per heavy atom. The number of benzene rings is 1. The van der Waals surface area contributed by atoms with Gasteiger partial charge >= 0.3 is 6.36 Å². The van der Waals surface area contributed by atoms with Crippen LogP contribution in [-0.4, -0.2) is 42.4 Å². The maximum absolute atomic E-state index is 13.1. The van der Waals surface area contributed by atoms with Crippen molar-refractivity contribution >= 4 is 30.0 Å². The summed E-state index contributed by atoms with van der Waals surface area (Å²) in [5.41, 5.74) is 6.12. The largest absolute Gasteiger partial charge is 0.573 e. The molecule has 2 rings (SSSR count). The molecule has 0 spiro atoms. The van der Waals surface area contributed by atoms with Crippen LogP contribution in [0, 0.1) is 5.41 Å². The molecular weight excluding hydrogens is 366 g/mol. The van der Waals surface area contributed by atoms with Crippen molar-refractivity contribution in [2.45, 2.75) is 25.4 Å². The number of hydrogen-bond acceptors (Lipinski definition) is 2. The molecule has 0 radical (unpaired) electrons. The van der Waals surface area contributed by atoms with Crippen LogP contribution >= 0.6 is 12.4 Å². The summed E-state index contributed by atoms with van der Waals surface area (Å²) in [5, 5.41) is 10.3. The first kappa shape index (κ1) is 20.8. The van der Waals surface area contributed by atoms with Crippen molar-refractivity contribution in [1.82, 2.24) is 4.90 Å². The number of ether oxygens (including phenoxy) is 1. The van der Waals surface area contributed by atoms with Gasteiger partial charge in [-0.2, -0.15) is 4.99 Å². The zero-order chi connectivity index (χ0) is 17.7. The fourth-order valence-corrected chi connectivity index (χ4v) is 2.17. The summed E-state index contributed by atoms with van der Waals surface area (Å²) in [6, 6.07) is 4.86. The van der Waals surface area contributed by atoms with E-state index in [1.54, 1.807) is 4.90 Å². The molecular formula is C14H18ClF4N5O. The molecule has 0 saturated carbocycles. The van der Waals surface area contributed by atoms with Crippen LogP contribution < -0.4 is 15.8 Å². The van der Waals surface area contributed by atoms with Crippen molar-refractivity contribution in [2.75, 3.05) is 18.4 Å². The minimum absolute atomic E-state index is 0. The van der Waals surface area contributed by atoms with Crippen molar-refractivity contribution in [3.05, 3.63) is 24.3 Å². The maximum atomic E-state index is 13.1. The summed E-state index contributed by atoms with van der Waals surface area (Å²) >= 11 is 0. The predicted molar refractivity (Wildman–Crippen MR) is 89.0 cm³/mol. The molecule has 1 aromatic rings. The van der Waals surface area contributed by atoms with Crippen molar-refractivity contribution in [2.24, 2.45) is 10.7 Å². The minimum Gasteiger partial charge on any atom is -0.406 e. The Morgan fingerprint density at radius 2 is 1.80 bits per heavy atom. The Labute approximate surface area is 148 Å². The number of nitrogens with two attached hydrogens (primary N) is 1. The van der Waals surface area contributed by atoms with E-state index in [4.69, 9.17) is 11.1 Å². The highest BCUT2D eigenvalue weighted by Gasteiger charge is 2.30. The first-order valence-electron chi connectivity index (χ1n) is 7.17. The van der Waals surface area contributed by atoms with Gasteiger partial charge < -0.3 is 20.7 Å². The van der Waals surface area contributed by atoms with E-state index in [-0.39, 0.29) is 30.1 Å². The van der Waals surface area contributed by atoms with E-state index >= 15 is 0 Å². The number of nitrogens with zero attached hydrogens (tertiary/aromatic N) is 2. The van der Waals surface area contributed by atoms with Crippen LogP contribution in [-0.2, 0) is 0 Å². The molecule has 1 fully saturated rings. The van der Waals surface area contributed by atoms with E-state index in [0.29, 0.717) is 31.6 Å². The molecule has 6 nitrogen and oxygen atoms in total. The zero-order valence-electron chi connectivity index (χ0n) is 13.0. The molecule has 0 atom stereocenters. The molecule has 140 valence electrons. The number of nitrogens with one attached hydrogen (secondary N) is 2. The van der Waals surface area contributed by atoms with Gasteiger partial charge in [-0.1, -0.05) is 0 Å². The fraction of sp³-hybridized carbons (Fsp3) is 0.429. The Balaban J connectivity index is 0.00000312. The highest BCUT2D eigenvalue weighted by atomic mass is 35.5. The third kappa shape index (κ3) is 7.04. The molecule has 0 unspecified atom stereocenters. The molecule has 0 aromatic heterocycles. The fourth-order valence-electron chi connectivity index (χ4n) is 2.17. The third-order valence-electron chi connectivity index (χ3n) is 3.33. The SMILES string of the molecule is Cl.N=C(N=C(N)N1CCC(F)CC1)Nc1ccc(OC(F)(F)F)cc1. The number of aliphatic imine (C=N–C) groups is 1. The second-order valence-electron chi connectivity index (χ2n) is 5.18. The molecule has 0 bridgehead atoms. The van der Waals surface area contributed by atoms with Gasteiger partial charge in [-0.3, -0.25) is 5.41 Å². The molecule has 0 aliphatic carbocycles. The summed E-state index contributed by atoms with van der Waals surface area (Å²) in [7, 11) is 0. The Morgan fingerprint density at radius 3 is 2.32 bits per heavy atom. The van der Waals surface area contributed by atoms with Crippen LogP contribution in [0.15, 0.2) is 29.3 Å². The van der Waals surface area contributed by atoms with Crippen LogP contribution in [0.2, 0.25) is 0 Å². The number of anilines is 1. The number of hydrogen-bond donors (Lipinski definition) is 3. The van der Waals surface area contributed by atoms with Gasteiger partial charge in [0.15, 0.2) is 5.96 Å². The summed E-state index contributed by atoms with van der Waals surface area (Å²) in [6.07, 6.45) is -4.88. The van der Waals surface area contributed by atoms with Gasteiger partial charge in [-0.15, -0.1) is 25.6 Å². The Kier molecular flexibility index (Phi) is 7.28. The smallest absolute Gasteiger partial charge is 0.406 e. The second kappa shape index (κ2) is 8.75. The van der Waals surface area contributed by atoms with Crippen molar-refractivity contribution in [1.29, 1.82) is 5.41 Å². The van der Waals surface area contributed by atoms with Gasteiger partial charge in [0.05, 0.1) is 0 Å². The highest BCUT2D eigenvalue weighted by molar-refractivity contribution is 5.99. The summed E-state index contributed by atoms with van der Waals surface area (Å²) in [6.45, 7) is 0.848. The standard InChI is InChI=1S/C14H17F4N5O.ClH/c15-9-5-7-23(8-6-9)13(20)22-12(19)21-10-1-3-11(4-2-10)24-14(16,17)18;/h1-4,9H,5-8H2,(H4,19,20,21,22);1H. The lowest BCUT2D eigenvalue weighted by Gasteiger charge is -2.29. The number of halogens is 5. The van der Waals surface area contributed by atoms with Gasteiger partial charge in [0.2, 0.25) is 5.96 Å². The van der Waals surface area contributed by atoms with E-state index in [1.165, 1.54) is 12.1 Å². The number of alkyl halides is 4. The maximum Gasteiger partial charge on any atom is 0.573 e. The van der Waals surface area contributed by atoms with Crippen molar-refractivity contribution in [3.63, 3.8) is 0 Å². The van der Waals surface area contributed by atoms with E-state index in [2.05, 4.69) is 15.0 Å². The molecule has 0 amide bonds. The summed E-state index contributed by atoms with van der Waals surface area (Å²) in [4.78, 5) is 5.53. The van der Waals surface area contributed by atoms with E-state index in [9.17, 15) is 17.6 Å². The predicted octanol–water partition coefficient (Wildman–Crippen LogP) is 3.10. The molecule has 1 heterocycles. The molecule has 1 aliphatic heterocycles. The van der Waals surface area contributed by atoms with Crippen LogP contribution in [0.3, 0.4) is 0 Å². The zero-order valence-corrected chi connectivity index (χ0v) is 13.8. The van der Waals surface area contributed by atoms with Crippen LogP contribution in [0.25, 0.3) is 0 Å². The number of guanidine groups is 2. The van der Waals surface area contributed by atoms with E-state index in [1.807, 2.05) is 0 Å². The first-order valence-corrected chi connectivity index (χ1v) is 7.17. The lowest BCUT2D eigenvalue weighted by Crippen LogP contribution is -2.44. The number of rotatable bonds is 2. The summed E-state index contributed by atoms with van der Waals surface area (Å²) < 4.78 is 53.0. The van der Waals surface area contributed by atoms with E-state index < -0.39 is 12.5 Å². The lowest BCUT2D eigenvalue weighted by molar-refractivity contribution is -0.274. The minimum atomic E-state index is -4.76. The van der Waals surface area contributed by atoms with Gasteiger partial charge in [-0.25, -0.2) is 4.39 Å². The van der Waals surface area contributed by atoms with Crippen LogP contribution in [0.5, 0.6) is 5.75 Å². The van der Waals surface area contributed by atoms with E-state index in [0.717, 1.165) is 12.1 Å². The number of piperidine rings is 1. The lowest BCUT2D eigenvalue weighted by atomic mass is 10.1. The van der Waals surface area contributed by atoms with Gasteiger partial charge in [0.25, 0.3) is 0 Å². The molecule has 11 heteroatoms. The average molecular weight is 384 g/mol. The van der Waals surface area contributed by atoms with Crippen molar-refractivity contribution in [3.8, 4) is 5.75 Å². The Hall–Kier alpha value is -2.23. The topological polar surface area (TPSA) is 86.7 Å². The number of likely N-dealkylation sites (tertiary alicyclic amines) is 1. The molecule has 1 saturated heterocycles. The molecule has 1 aliphatic rings. The quantitative estimate of drug-likeness (QED) is 0.416. The molecule has 25 heavy (non-hydrogen) atoms. The highest BCUT2D eigenvalue weighted by Crippen LogP contribution is 2.24. The second-order valence-corrected chi connectivity index (χ2v) is 5.18. The third-order valence-corrected chi connectivity index (χ3v) is 3.33. The monoisotopic (exact) mass is 383 g/mol. The first-order chi connectivity index (χ1) is 11.2. The normalized spacial score (nSPS) is 16.2. The summed E-state index contributed by atoms with van der Waals surface area (Å²) in [5.74, 6) is -0.549. The van der Waals surface area contributed by atoms with Gasteiger partial charge in [-0.05, 0) is 37.1 Å².